The lowest BCUT2D eigenvalue weighted by Gasteiger charge is -2.03. The number of azo groups is 1. The Hall–Kier alpha value is -4.79. The fourth-order valence-electron chi connectivity index (χ4n) is 3.49. The highest BCUT2D eigenvalue weighted by Crippen LogP contribution is 2.33. The fourth-order valence-corrected chi connectivity index (χ4v) is 3.49. The molecule has 3 aromatic carbocycles. The molecule has 35 heavy (non-hydrogen) atoms. The summed E-state index contributed by atoms with van der Waals surface area (Å²) < 4.78 is 14.5. The summed E-state index contributed by atoms with van der Waals surface area (Å²) in [5, 5.41) is 30.8. The van der Waals surface area contributed by atoms with E-state index in [0.717, 1.165) is 11.1 Å². The number of nitrogens with one attached hydrogen (secondary N) is 1. The Morgan fingerprint density at radius 1 is 1.00 bits per heavy atom. The number of carboxylic acid groups (broad SMARTS) is 1. The van der Waals surface area contributed by atoms with Gasteiger partial charge >= 0.3 is 5.97 Å². The number of phenolic OH excluding ortho intramolecular Hbond substituents is 1. The summed E-state index contributed by atoms with van der Waals surface area (Å²) in [6, 6.07) is 15.3. The number of hydrogen-bond donors (Lipinski definition) is 3. The first kappa shape index (κ1) is 23.4. The van der Waals surface area contributed by atoms with Crippen LogP contribution in [0.3, 0.4) is 0 Å². The Labute approximate surface area is 199 Å². The molecule has 9 heteroatoms. The minimum absolute atomic E-state index is 0.0213. The molecule has 0 aliphatic heterocycles. The SMILES string of the molecule is Cc1cc(F)ccc1/C=C/c1cccc(N=Nc2c(C)[nH]n(-c3cccc(C(=O)O)c3)c2=O)c1O. The quantitative estimate of drug-likeness (QED) is 0.239. The van der Waals surface area contributed by atoms with Crippen LogP contribution >= 0.6 is 0 Å². The highest BCUT2D eigenvalue weighted by atomic mass is 19.1. The second-order valence-electron chi connectivity index (χ2n) is 7.83. The summed E-state index contributed by atoms with van der Waals surface area (Å²) in [6.07, 6.45) is 3.43. The van der Waals surface area contributed by atoms with Crippen LogP contribution in [0.25, 0.3) is 17.8 Å². The molecule has 8 nitrogen and oxygen atoms in total. The molecular weight excluding hydrogens is 451 g/mol. The first-order chi connectivity index (χ1) is 16.7. The number of carbonyl (C=O) groups is 1. The standard InChI is InChI=1S/C26H21FN4O4/c1-15-13-20(27)12-11-17(15)9-10-18-5-4-8-22(24(18)32)28-29-23-16(2)30-31(25(23)33)21-7-3-6-19(14-21)26(34)35/h3-14,30,32H,1-2H3,(H,34,35)/b10-9+,29-28?. The molecule has 0 bridgehead atoms. The molecule has 0 saturated heterocycles. The van der Waals surface area contributed by atoms with Gasteiger partial charge in [0.2, 0.25) is 0 Å². The van der Waals surface area contributed by atoms with Crippen molar-refractivity contribution < 1.29 is 19.4 Å². The van der Waals surface area contributed by atoms with Crippen molar-refractivity contribution in [2.45, 2.75) is 13.8 Å². The van der Waals surface area contributed by atoms with Gasteiger partial charge in [0, 0.05) is 5.56 Å². The third kappa shape index (κ3) is 4.93. The lowest BCUT2D eigenvalue weighted by Crippen LogP contribution is -2.14. The van der Waals surface area contributed by atoms with Crippen LogP contribution < -0.4 is 5.56 Å². The van der Waals surface area contributed by atoms with Gasteiger partial charge in [0.05, 0.1) is 16.9 Å². The topological polar surface area (TPSA) is 120 Å². The van der Waals surface area contributed by atoms with Gasteiger partial charge in [-0.15, -0.1) is 10.2 Å². The summed E-state index contributed by atoms with van der Waals surface area (Å²) in [6.45, 7) is 3.43. The van der Waals surface area contributed by atoms with Gasteiger partial charge in [0.1, 0.15) is 17.3 Å². The lowest BCUT2D eigenvalue weighted by molar-refractivity contribution is 0.0697. The van der Waals surface area contributed by atoms with Gasteiger partial charge in [-0.2, -0.15) is 0 Å². The second-order valence-corrected chi connectivity index (χ2v) is 7.83. The van der Waals surface area contributed by atoms with Crippen molar-refractivity contribution in [3.63, 3.8) is 0 Å². The van der Waals surface area contributed by atoms with Crippen molar-refractivity contribution in [1.82, 2.24) is 9.78 Å². The summed E-state index contributed by atoms with van der Waals surface area (Å²) in [5.41, 5.74) is 2.48. The average Bonchev–Trinajstić information content (AvgIpc) is 3.12. The molecule has 3 N–H and O–H groups in total. The van der Waals surface area contributed by atoms with E-state index in [-0.39, 0.29) is 28.5 Å². The predicted octanol–water partition coefficient (Wildman–Crippen LogP) is 5.91. The van der Waals surface area contributed by atoms with E-state index in [0.29, 0.717) is 16.9 Å². The number of benzene rings is 3. The molecule has 1 aromatic heterocycles. The molecule has 0 saturated carbocycles. The average molecular weight is 472 g/mol. The van der Waals surface area contributed by atoms with Gasteiger partial charge in [-0.05, 0) is 61.4 Å². The summed E-state index contributed by atoms with van der Waals surface area (Å²) in [5.74, 6) is -1.56. The van der Waals surface area contributed by atoms with Crippen molar-refractivity contribution in [2.75, 3.05) is 0 Å². The van der Waals surface area contributed by atoms with E-state index < -0.39 is 11.5 Å². The maximum Gasteiger partial charge on any atom is 0.335 e. The molecule has 4 rings (SSSR count). The molecule has 0 aliphatic carbocycles. The molecule has 0 fully saturated rings. The number of aromatic amines is 1. The number of carboxylic acids is 1. The number of hydrogen-bond acceptors (Lipinski definition) is 5. The van der Waals surface area contributed by atoms with E-state index in [1.54, 1.807) is 56.3 Å². The number of phenols is 1. The van der Waals surface area contributed by atoms with Crippen LogP contribution in [-0.2, 0) is 0 Å². The molecule has 176 valence electrons. The molecule has 4 aromatic rings. The van der Waals surface area contributed by atoms with Crippen LogP contribution in [0.2, 0.25) is 0 Å². The first-order valence-electron chi connectivity index (χ1n) is 10.6. The van der Waals surface area contributed by atoms with E-state index in [1.807, 2.05) is 0 Å². The van der Waals surface area contributed by atoms with Gasteiger partial charge < -0.3 is 10.2 Å². The highest BCUT2D eigenvalue weighted by molar-refractivity contribution is 5.88. The van der Waals surface area contributed by atoms with Gasteiger partial charge in [-0.3, -0.25) is 9.89 Å². The number of aromatic nitrogens is 2. The van der Waals surface area contributed by atoms with E-state index in [2.05, 4.69) is 15.3 Å². The monoisotopic (exact) mass is 472 g/mol. The number of nitrogens with zero attached hydrogens (tertiary/aromatic N) is 3. The van der Waals surface area contributed by atoms with E-state index >= 15 is 0 Å². The molecular formula is C26H21FN4O4. The Morgan fingerprint density at radius 3 is 2.49 bits per heavy atom. The van der Waals surface area contributed by atoms with Gasteiger partial charge in [-0.25, -0.2) is 13.9 Å². The fraction of sp³-hybridized carbons (Fsp3) is 0.0769. The predicted molar refractivity (Wildman–Crippen MR) is 130 cm³/mol. The van der Waals surface area contributed by atoms with Gasteiger partial charge in [0.15, 0.2) is 5.69 Å². The van der Waals surface area contributed by atoms with Crippen molar-refractivity contribution in [1.29, 1.82) is 0 Å². The van der Waals surface area contributed by atoms with E-state index in [1.165, 1.54) is 35.0 Å². The van der Waals surface area contributed by atoms with E-state index in [9.17, 15) is 24.2 Å². The van der Waals surface area contributed by atoms with Crippen molar-refractivity contribution in [3.05, 3.63) is 105 Å². The molecule has 0 unspecified atom stereocenters. The molecule has 0 atom stereocenters. The molecule has 0 radical (unpaired) electrons. The maximum atomic E-state index is 13.3. The van der Waals surface area contributed by atoms with Gasteiger partial charge in [0.25, 0.3) is 5.56 Å². The van der Waals surface area contributed by atoms with Crippen LogP contribution in [0.5, 0.6) is 5.75 Å². The third-order valence-electron chi connectivity index (χ3n) is 5.37. The number of aryl methyl sites for hydroxylation is 2. The van der Waals surface area contributed by atoms with Gasteiger partial charge in [-0.1, -0.05) is 36.4 Å². The summed E-state index contributed by atoms with van der Waals surface area (Å²) in [4.78, 5) is 24.1. The Balaban J connectivity index is 1.64. The van der Waals surface area contributed by atoms with E-state index in [4.69, 9.17) is 0 Å². The van der Waals surface area contributed by atoms with Crippen LogP contribution in [0.4, 0.5) is 15.8 Å². The van der Waals surface area contributed by atoms with Crippen LogP contribution in [0.1, 0.15) is 32.7 Å². The summed E-state index contributed by atoms with van der Waals surface area (Å²) >= 11 is 0. The number of H-pyrrole nitrogens is 1. The van der Waals surface area contributed by atoms with Crippen molar-refractivity contribution in [3.8, 4) is 11.4 Å². The van der Waals surface area contributed by atoms with Crippen LogP contribution in [-0.4, -0.2) is 26.0 Å². The Bertz CT molecular complexity index is 1550. The molecule has 0 spiro atoms. The second kappa shape index (κ2) is 9.60. The van der Waals surface area contributed by atoms with Crippen molar-refractivity contribution >= 4 is 29.5 Å². The largest absolute Gasteiger partial charge is 0.505 e. The summed E-state index contributed by atoms with van der Waals surface area (Å²) in [7, 11) is 0. The normalized spacial score (nSPS) is 11.5. The minimum Gasteiger partial charge on any atom is -0.505 e. The van der Waals surface area contributed by atoms with Crippen LogP contribution in [0.15, 0.2) is 75.7 Å². The lowest BCUT2D eigenvalue weighted by atomic mass is 10.1. The number of para-hydroxylation sites is 1. The number of rotatable bonds is 6. The zero-order valence-corrected chi connectivity index (χ0v) is 18.9. The zero-order valence-electron chi connectivity index (χ0n) is 18.9. The first-order valence-corrected chi connectivity index (χ1v) is 10.6. The van der Waals surface area contributed by atoms with Crippen molar-refractivity contribution in [2.24, 2.45) is 10.2 Å². The Kier molecular flexibility index (Phi) is 6.41. The molecule has 0 amide bonds. The number of aromatic carboxylic acids is 1. The molecule has 0 aliphatic rings. The number of aromatic hydroxyl groups is 1. The maximum absolute atomic E-state index is 13.3. The molecule has 1 heterocycles. The smallest absolute Gasteiger partial charge is 0.335 e. The highest BCUT2D eigenvalue weighted by Gasteiger charge is 2.14. The third-order valence-corrected chi connectivity index (χ3v) is 5.37. The Morgan fingerprint density at radius 2 is 1.74 bits per heavy atom. The zero-order chi connectivity index (χ0) is 25.1. The minimum atomic E-state index is -1.11. The van der Waals surface area contributed by atoms with Crippen LogP contribution in [0, 0.1) is 19.7 Å². The number of halogens is 1.